The summed E-state index contributed by atoms with van der Waals surface area (Å²) in [4.78, 5) is 6.91. The lowest BCUT2D eigenvalue weighted by Crippen LogP contribution is -2.29. The number of nitriles is 3. The van der Waals surface area contributed by atoms with E-state index in [1.807, 2.05) is 30.3 Å². The van der Waals surface area contributed by atoms with Gasteiger partial charge in [0.2, 0.25) is 5.41 Å². The number of nitrogens with zero attached hydrogens (tertiary/aromatic N) is 6. The molecule has 0 unspecified atom stereocenters. The number of ether oxygens (including phenoxy) is 1. The number of aromatic nitrogens is 2. The van der Waals surface area contributed by atoms with Gasteiger partial charge in [-0.3, -0.25) is 4.90 Å². The molecule has 0 saturated heterocycles. The van der Waals surface area contributed by atoms with Gasteiger partial charge < -0.3 is 9.30 Å². The second-order valence-electron chi connectivity index (χ2n) is 9.56. The van der Waals surface area contributed by atoms with Gasteiger partial charge in [-0.25, -0.2) is 4.98 Å². The number of unbranched alkanes of at least 4 members (excludes halogenated alkanes) is 1. The highest BCUT2D eigenvalue weighted by Gasteiger charge is 2.31. The molecule has 1 aliphatic carbocycles. The summed E-state index contributed by atoms with van der Waals surface area (Å²) in [7, 11) is 0. The Morgan fingerprint density at radius 3 is 2.68 bits per heavy atom. The first-order valence-corrected chi connectivity index (χ1v) is 13.2. The molecular formula is C29H31ClN6O. The van der Waals surface area contributed by atoms with Crippen molar-refractivity contribution in [3.63, 3.8) is 0 Å². The summed E-state index contributed by atoms with van der Waals surface area (Å²) in [6.45, 7) is 5.10. The first-order valence-electron chi connectivity index (χ1n) is 12.8. The smallest absolute Gasteiger partial charge is 0.229 e. The normalized spacial score (nSPS) is 14.4. The number of halogens is 1. The van der Waals surface area contributed by atoms with Crippen LogP contribution < -0.4 is 4.74 Å². The minimum Gasteiger partial charge on any atom is -0.493 e. The second-order valence-corrected chi connectivity index (χ2v) is 9.92. The first-order chi connectivity index (χ1) is 18.0. The Morgan fingerprint density at radius 2 is 1.97 bits per heavy atom. The molecule has 37 heavy (non-hydrogen) atoms. The predicted molar refractivity (Wildman–Crippen MR) is 142 cm³/mol. The van der Waals surface area contributed by atoms with Crippen LogP contribution in [0.2, 0.25) is 5.15 Å². The van der Waals surface area contributed by atoms with Gasteiger partial charge in [0.15, 0.2) is 5.15 Å². The van der Waals surface area contributed by atoms with E-state index < -0.39 is 5.41 Å². The second kappa shape index (κ2) is 12.1. The Kier molecular flexibility index (Phi) is 8.67. The molecule has 2 aromatic rings. The Morgan fingerprint density at radius 1 is 1.16 bits per heavy atom. The van der Waals surface area contributed by atoms with Crippen LogP contribution >= 0.6 is 11.6 Å². The van der Waals surface area contributed by atoms with Crippen LogP contribution in [0.4, 0.5) is 0 Å². The monoisotopic (exact) mass is 514 g/mol. The highest BCUT2D eigenvalue weighted by Crippen LogP contribution is 2.30. The van der Waals surface area contributed by atoms with E-state index in [2.05, 4.69) is 40.7 Å². The van der Waals surface area contributed by atoms with E-state index >= 15 is 0 Å². The van der Waals surface area contributed by atoms with Crippen LogP contribution in [-0.2, 0) is 26.1 Å². The molecule has 0 N–H and O–H groups in total. The minimum absolute atomic E-state index is 0.117. The van der Waals surface area contributed by atoms with Gasteiger partial charge in [0, 0.05) is 44.6 Å². The van der Waals surface area contributed by atoms with Gasteiger partial charge in [-0.05, 0) is 36.5 Å². The molecule has 2 aliphatic rings. The minimum atomic E-state index is -1.68. The maximum atomic E-state index is 9.53. The van der Waals surface area contributed by atoms with E-state index in [9.17, 15) is 15.8 Å². The van der Waals surface area contributed by atoms with Crippen molar-refractivity contribution in [1.82, 2.24) is 14.5 Å². The zero-order chi connectivity index (χ0) is 26.3. The fourth-order valence-corrected chi connectivity index (χ4v) is 5.00. The lowest BCUT2D eigenvalue weighted by molar-refractivity contribution is 0.235. The largest absolute Gasteiger partial charge is 0.493 e. The molecule has 1 aliphatic heterocycles. The third kappa shape index (κ3) is 6.05. The predicted octanol–water partition coefficient (Wildman–Crippen LogP) is 5.95. The van der Waals surface area contributed by atoms with Gasteiger partial charge in [0.25, 0.3) is 0 Å². The average Bonchev–Trinajstić information content (AvgIpc) is 3.52. The number of rotatable bonds is 11. The van der Waals surface area contributed by atoms with Gasteiger partial charge in [0.1, 0.15) is 29.8 Å². The maximum absolute atomic E-state index is 9.53. The maximum Gasteiger partial charge on any atom is 0.229 e. The first kappa shape index (κ1) is 26.5. The summed E-state index contributed by atoms with van der Waals surface area (Å²) < 4.78 is 7.87. The van der Waals surface area contributed by atoms with Crippen LogP contribution in [0.15, 0.2) is 36.4 Å². The molecule has 7 nitrogen and oxygen atoms in total. The summed E-state index contributed by atoms with van der Waals surface area (Å²) in [5.41, 5.74) is 2.60. The Hall–Kier alpha value is -3.57. The van der Waals surface area contributed by atoms with Crippen molar-refractivity contribution >= 4 is 17.2 Å². The standard InChI is InChI=1S/C29H31ClN6O/c1-2-3-13-36-25(27(30)34-28(36)23-7-5-4-6-8-23)18-35(14-12-29(19-31,20-32)21-33)17-22-9-10-26-24(16-22)11-15-37-26/h5,7-10,16H,2-4,6,11-15,17-18H2,1H3. The number of allylic oxidation sites excluding steroid dienone is 4. The molecule has 0 radical (unpaired) electrons. The molecule has 0 bridgehead atoms. The molecule has 0 fully saturated rings. The van der Waals surface area contributed by atoms with Gasteiger partial charge in [-0.15, -0.1) is 0 Å². The van der Waals surface area contributed by atoms with Crippen LogP contribution in [0.5, 0.6) is 5.75 Å². The van der Waals surface area contributed by atoms with E-state index in [0.717, 1.165) is 67.1 Å². The third-order valence-electron chi connectivity index (χ3n) is 6.92. The van der Waals surface area contributed by atoms with Crippen LogP contribution in [0.1, 0.15) is 61.7 Å². The average molecular weight is 515 g/mol. The molecule has 0 amide bonds. The van der Waals surface area contributed by atoms with E-state index in [0.29, 0.717) is 31.4 Å². The van der Waals surface area contributed by atoms with Crippen molar-refractivity contribution in [3.8, 4) is 24.0 Å². The molecule has 1 aromatic carbocycles. The molecule has 4 rings (SSSR count). The zero-order valence-corrected chi connectivity index (χ0v) is 22.0. The van der Waals surface area contributed by atoms with Crippen molar-refractivity contribution in [2.75, 3.05) is 13.2 Å². The van der Waals surface area contributed by atoms with Gasteiger partial charge in [0.05, 0.1) is 12.3 Å². The van der Waals surface area contributed by atoms with Crippen LogP contribution in [-0.4, -0.2) is 27.6 Å². The van der Waals surface area contributed by atoms with Crippen LogP contribution in [0, 0.1) is 39.4 Å². The molecule has 1 aromatic heterocycles. The molecular weight excluding hydrogens is 484 g/mol. The molecule has 8 heteroatoms. The summed E-state index contributed by atoms with van der Waals surface area (Å²) in [6, 6.07) is 11.9. The topological polar surface area (TPSA) is 102 Å². The number of fused-ring (bicyclic) bond motifs is 1. The fraction of sp³-hybridized carbons (Fsp3) is 0.448. The van der Waals surface area contributed by atoms with Crippen LogP contribution in [0.3, 0.4) is 0 Å². The molecule has 0 spiro atoms. The summed E-state index contributed by atoms with van der Waals surface area (Å²) >= 11 is 6.76. The zero-order valence-electron chi connectivity index (χ0n) is 21.2. The quantitative estimate of drug-likeness (QED) is 0.367. The summed E-state index contributed by atoms with van der Waals surface area (Å²) in [5, 5.41) is 29.1. The highest BCUT2D eigenvalue weighted by atomic mass is 35.5. The molecule has 190 valence electrons. The van der Waals surface area contributed by atoms with Gasteiger partial charge in [-0.1, -0.05) is 55.3 Å². The summed E-state index contributed by atoms with van der Waals surface area (Å²) in [5.74, 6) is 1.80. The lowest BCUT2D eigenvalue weighted by atomic mass is 9.89. The van der Waals surface area contributed by atoms with E-state index in [1.54, 1.807) is 0 Å². The van der Waals surface area contributed by atoms with E-state index in [1.165, 1.54) is 5.56 Å². The van der Waals surface area contributed by atoms with Gasteiger partial charge in [-0.2, -0.15) is 15.8 Å². The van der Waals surface area contributed by atoms with Crippen molar-refractivity contribution in [2.45, 2.75) is 65.1 Å². The van der Waals surface area contributed by atoms with Crippen molar-refractivity contribution in [3.05, 3.63) is 64.2 Å². The number of hydrogen-bond acceptors (Lipinski definition) is 6. The Bertz CT molecular complexity index is 1280. The third-order valence-corrected chi connectivity index (χ3v) is 7.22. The van der Waals surface area contributed by atoms with Crippen molar-refractivity contribution < 1.29 is 4.74 Å². The fourth-order valence-electron chi connectivity index (χ4n) is 4.76. The molecule has 0 atom stereocenters. The van der Waals surface area contributed by atoms with Crippen molar-refractivity contribution in [2.24, 2.45) is 5.41 Å². The summed E-state index contributed by atoms with van der Waals surface area (Å²) in [6.07, 6.45) is 11.5. The number of benzene rings is 1. The van der Waals surface area contributed by atoms with E-state index in [-0.39, 0.29) is 6.42 Å². The SMILES string of the molecule is CCCCn1c(C2=CCCC=C2)nc(Cl)c1CN(CCC(C#N)(C#N)C#N)Cc1ccc2c(c1)CCO2. The van der Waals surface area contributed by atoms with E-state index in [4.69, 9.17) is 21.3 Å². The van der Waals surface area contributed by atoms with Gasteiger partial charge >= 0.3 is 0 Å². The molecule has 0 saturated carbocycles. The van der Waals surface area contributed by atoms with Crippen LogP contribution in [0.25, 0.3) is 5.57 Å². The highest BCUT2D eigenvalue weighted by molar-refractivity contribution is 6.30. The number of imidazole rings is 1. The Labute approximate surface area is 223 Å². The number of hydrogen-bond donors (Lipinski definition) is 0. The Balaban J connectivity index is 1.66. The molecule has 2 heterocycles. The lowest BCUT2D eigenvalue weighted by Gasteiger charge is -2.25. The van der Waals surface area contributed by atoms with Crippen molar-refractivity contribution in [1.29, 1.82) is 15.8 Å².